The molecule has 0 saturated heterocycles. The van der Waals surface area contributed by atoms with E-state index < -0.39 is 15.1 Å². The molecule has 0 bridgehead atoms. The fourth-order valence-electron chi connectivity index (χ4n) is 2.66. The van der Waals surface area contributed by atoms with Crippen LogP contribution in [-0.2, 0) is 21.1 Å². The highest BCUT2D eigenvalue weighted by Crippen LogP contribution is 2.25. The van der Waals surface area contributed by atoms with Crippen LogP contribution in [0, 0.1) is 0 Å². The highest BCUT2D eigenvalue weighted by Gasteiger charge is 2.24. The summed E-state index contributed by atoms with van der Waals surface area (Å²) in [5.41, 5.74) is 2.46. The number of rotatable bonds is 8. The Kier molecular flexibility index (Phi) is 6.13. The third kappa shape index (κ3) is 5.29. The van der Waals surface area contributed by atoms with Gasteiger partial charge in [-0.3, -0.25) is 4.79 Å². The van der Waals surface area contributed by atoms with Gasteiger partial charge in [0.05, 0.1) is 0 Å². The number of Topliss-reactive ketones (excluding diaryl/α,β-unsaturated/α-hetero) is 1. The summed E-state index contributed by atoms with van der Waals surface area (Å²) in [4.78, 5) is 12.7. The van der Waals surface area contributed by atoms with Crippen LogP contribution in [0.25, 0.3) is 10.4 Å². The number of carbonyl (C=O) groups excluding carboxylic acids is 1. The number of unbranched alkanes of at least 4 members (excludes halogenated alkanes) is 1. The third-order valence-corrected chi connectivity index (χ3v) is 6.43. The molecule has 1 aromatic heterocycles. The van der Waals surface area contributed by atoms with E-state index in [0.29, 0.717) is 6.42 Å². The fraction of sp³-hybridized carbons (Fsp3) is 0.389. The third-order valence-electron chi connectivity index (χ3n) is 3.91. The smallest absolute Gasteiger partial charge is 0.157 e. The molecule has 0 aliphatic rings. The predicted molar refractivity (Wildman–Crippen MR) is 96.6 cm³/mol. The zero-order chi connectivity index (χ0) is 16.9. The van der Waals surface area contributed by atoms with Crippen LogP contribution in [0.1, 0.15) is 31.7 Å². The van der Waals surface area contributed by atoms with Crippen LogP contribution in [0.2, 0.25) is 0 Å². The maximum absolute atomic E-state index is 11.6. The molecule has 2 rings (SSSR count). The van der Waals surface area contributed by atoms with Gasteiger partial charge in [0, 0.05) is 11.1 Å². The van der Waals surface area contributed by atoms with Crippen LogP contribution in [0.3, 0.4) is 0 Å². The van der Waals surface area contributed by atoms with Crippen molar-refractivity contribution in [3.63, 3.8) is 0 Å². The highest BCUT2D eigenvalue weighted by atomic mass is 32.2. The van der Waals surface area contributed by atoms with Crippen molar-refractivity contribution in [2.75, 3.05) is 6.26 Å². The van der Waals surface area contributed by atoms with Gasteiger partial charge in [0.15, 0.2) is 9.84 Å². The Morgan fingerprint density at radius 1 is 1.13 bits per heavy atom. The van der Waals surface area contributed by atoms with E-state index >= 15 is 0 Å². The summed E-state index contributed by atoms with van der Waals surface area (Å²) in [5.74, 6) is -0.257. The van der Waals surface area contributed by atoms with E-state index in [9.17, 15) is 13.2 Å². The number of sulfone groups is 1. The lowest BCUT2D eigenvalue weighted by atomic mass is 10.0. The molecular weight excluding hydrogens is 328 g/mol. The monoisotopic (exact) mass is 350 g/mol. The largest absolute Gasteiger partial charge is 0.299 e. The molecule has 124 valence electrons. The Labute approximate surface area is 142 Å². The van der Waals surface area contributed by atoms with Gasteiger partial charge in [0.2, 0.25) is 0 Å². The minimum Gasteiger partial charge on any atom is -0.299 e. The van der Waals surface area contributed by atoms with Gasteiger partial charge >= 0.3 is 0 Å². The Bertz CT molecular complexity index is 729. The van der Waals surface area contributed by atoms with Crippen LogP contribution < -0.4 is 0 Å². The summed E-state index contributed by atoms with van der Waals surface area (Å²) in [6.07, 6.45) is 4.09. The minimum atomic E-state index is -3.29. The Hall–Kier alpha value is -1.46. The van der Waals surface area contributed by atoms with E-state index in [0.717, 1.165) is 25.5 Å². The maximum atomic E-state index is 11.6. The Morgan fingerprint density at radius 2 is 1.83 bits per heavy atom. The molecule has 0 fully saturated rings. The molecule has 0 spiro atoms. The molecule has 2 aromatic rings. The van der Waals surface area contributed by atoms with Crippen molar-refractivity contribution in [3.05, 3.63) is 47.3 Å². The highest BCUT2D eigenvalue weighted by molar-refractivity contribution is 7.92. The summed E-state index contributed by atoms with van der Waals surface area (Å²) in [6, 6.07) is 12.6. The Morgan fingerprint density at radius 3 is 2.35 bits per heavy atom. The van der Waals surface area contributed by atoms with Crippen LogP contribution >= 0.6 is 11.3 Å². The van der Waals surface area contributed by atoms with Gasteiger partial charge in [0.1, 0.15) is 11.0 Å². The van der Waals surface area contributed by atoms with E-state index in [1.54, 1.807) is 11.3 Å². The number of carbonyl (C=O) groups is 1. The van der Waals surface area contributed by atoms with Crippen molar-refractivity contribution >= 4 is 27.0 Å². The van der Waals surface area contributed by atoms with Gasteiger partial charge in [-0.05, 0) is 48.8 Å². The molecule has 1 heterocycles. The standard InChI is InChI=1S/C18H22O3S2/c1-14(19)18(23(2,20)21)8-4-3-6-15-9-11-16(12-10-15)17-7-5-13-22-17/h5,7,9-13,18H,3-4,6,8H2,1-2H3. The normalized spacial score (nSPS) is 13.0. The summed E-state index contributed by atoms with van der Waals surface area (Å²) >= 11 is 1.72. The molecule has 5 heteroatoms. The molecular formula is C18H22O3S2. The van der Waals surface area contributed by atoms with Gasteiger partial charge < -0.3 is 0 Å². The number of hydrogen-bond acceptors (Lipinski definition) is 4. The first-order valence-corrected chi connectivity index (χ1v) is 10.5. The number of thiophene rings is 1. The average Bonchev–Trinajstić information content (AvgIpc) is 3.00. The SMILES string of the molecule is CC(=O)C(CCCCc1ccc(-c2cccs2)cc1)S(C)(=O)=O. The van der Waals surface area contributed by atoms with Gasteiger partial charge in [-0.25, -0.2) is 8.42 Å². The molecule has 1 atom stereocenters. The van der Waals surface area contributed by atoms with Crippen molar-refractivity contribution in [1.29, 1.82) is 0 Å². The van der Waals surface area contributed by atoms with Gasteiger partial charge in [-0.1, -0.05) is 36.8 Å². The van der Waals surface area contributed by atoms with E-state index in [1.807, 2.05) is 6.07 Å². The van der Waals surface area contributed by atoms with Crippen molar-refractivity contribution in [3.8, 4) is 10.4 Å². The lowest BCUT2D eigenvalue weighted by Crippen LogP contribution is -2.27. The number of aryl methyl sites for hydroxylation is 1. The minimum absolute atomic E-state index is 0.257. The molecule has 0 radical (unpaired) electrons. The van der Waals surface area contributed by atoms with Crippen LogP contribution in [0.5, 0.6) is 0 Å². The molecule has 0 aliphatic carbocycles. The van der Waals surface area contributed by atoms with Crippen molar-refractivity contribution in [2.45, 2.75) is 37.9 Å². The molecule has 0 saturated carbocycles. The number of ketones is 1. The zero-order valence-electron chi connectivity index (χ0n) is 13.5. The summed E-state index contributed by atoms with van der Waals surface area (Å²) < 4.78 is 23.1. The molecule has 1 aromatic carbocycles. The number of hydrogen-bond donors (Lipinski definition) is 0. The van der Waals surface area contributed by atoms with Crippen molar-refractivity contribution in [2.24, 2.45) is 0 Å². The first-order chi connectivity index (χ1) is 10.9. The quantitative estimate of drug-likeness (QED) is 0.673. The molecule has 0 N–H and O–H groups in total. The van der Waals surface area contributed by atoms with E-state index in [2.05, 4.69) is 35.7 Å². The second kappa shape index (κ2) is 7.88. The second-order valence-electron chi connectivity index (χ2n) is 5.85. The molecule has 1 unspecified atom stereocenters. The lowest BCUT2D eigenvalue weighted by Gasteiger charge is -2.11. The summed E-state index contributed by atoms with van der Waals surface area (Å²) in [6.45, 7) is 1.36. The topological polar surface area (TPSA) is 51.2 Å². The van der Waals surface area contributed by atoms with E-state index in [-0.39, 0.29) is 5.78 Å². The lowest BCUT2D eigenvalue weighted by molar-refractivity contribution is -0.116. The summed E-state index contributed by atoms with van der Waals surface area (Å²) in [5, 5.41) is 1.22. The van der Waals surface area contributed by atoms with E-state index in [4.69, 9.17) is 0 Å². The first kappa shape index (κ1) is 17.9. The second-order valence-corrected chi connectivity index (χ2v) is 9.02. The average molecular weight is 351 g/mol. The molecule has 0 amide bonds. The van der Waals surface area contributed by atoms with Crippen molar-refractivity contribution in [1.82, 2.24) is 0 Å². The molecule has 0 aliphatic heterocycles. The maximum Gasteiger partial charge on any atom is 0.157 e. The predicted octanol–water partition coefficient (Wildman–Crippen LogP) is 4.13. The zero-order valence-corrected chi connectivity index (χ0v) is 15.1. The van der Waals surface area contributed by atoms with Crippen LogP contribution in [-0.4, -0.2) is 25.7 Å². The molecule has 3 nitrogen and oxygen atoms in total. The molecule has 23 heavy (non-hydrogen) atoms. The van der Waals surface area contributed by atoms with Gasteiger partial charge in [0.25, 0.3) is 0 Å². The summed E-state index contributed by atoms with van der Waals surface area (Å²) in [7, 11) is -3.29. The van der Waals surface area contributed by atoms with Crippen molar-refractivity contribution < 1.29 is 13.2 Å². The number of benzene rings is 1. The van der Waals surface area contributed by atoms with Crippen LogP contribution in [0.4, 0.5) is 0 Å². The van der Waals surface area contributed by atoms with Crippen LogP contribution in [0.15, 0.2) is 41.8 Å². The van der Waals surface area contributed by atoms with E-state index in [1.165, 1.54) is 22.9 Å². The van der Waals surface area contributed by atoms with Gasteiger partial charge in [-0.2, -0.15) is 0 Å². The Balaban J connectivity index is 1.83. The fourth-order valence-corrected chi connectivity index (χ4v) is 4.59. The first-order valence-electron chi connectivity index (χ1n) is 7.70. The van der Waals surface area contributed by atoms with Gasteiger partial charge in [-0.15, -0.1) is 11.3 Å².